The molecular weight excluding hydrogens is 212 g/mol. The van der Waals surface area contributed by atoms with Gasteiger partial charge < -0.3 is 20.8 Å². The second kappa shape index (κ2) is 7.92. The maximum atomic E-state index is 11.1. The van der Waals surface area contributed by atoms with Crippen LogP contribution in [0.25, 0.3) is 0 Å². The summed E-state index contributed by atoms with van der Waals surface area (Å²) in [6.45, 7) is 4.23. The van der Waals surface area contributed by atoms with Crippen LogP contribution in [0.5, 0.6) is 0 Å². The second-order valence-electron chi connectivity index (χ2n) is 3.95. The lowest BCUT2D eigenvalue weighted by atomic mass is 10.1. The van der Waals surface area contributed by atoms with Crippen molar-refractivity contribution in [3.63, 3.8) is 0 Å². The minimum Gasteiger partial charge on any atom is -0.481 e. The fraction of sp³-hybridized carbons (Fsp3) is 0.800. The van der Waals surface area contributed by atoms with Crippen LogP contribution in [0.1, 0.15) is 26.7 Å². The van der Waals surface area contributed by atoms with Crippen molar-refractivity contribution in [1.82, 2.24) is 10.6 Å². The number of urea groups is 1. The quantitative estimate of drug-likeness (QED) is 0.470. The highest BCUT2D eigenvalue weighted by atomic mass is 16.4. The Kier molecular flexibility index (Phi) is 7.28. The molecule has 0 aromatic heterocycles. The van der Waals surface area contributed by atoms with Gasteiger partial charge in [0, 0.05) is 19.5 Å². The molecule has 0 spiro atoms. The number of rotatable bonds is 7. The summed E-state index contributed by atoms with van der Waals surface area (Å²) in [4.78, 5) is 21.3. The lowest BCUT2D eigenvalue weighted by molar-refractivity contribution is -0.137. The summed E-state index contributed by atoms with van der Waals surface area (Å²) in [7, 11) is 0. The first-order chi connectivity index (χ1) is 7.43. The van der Waals surface area contributed by atoms with Crippen molar-refractivity contribution in [2.24, 2.45) is 5.92 Å². The van der Waals surface area contributed by atoms with Gasteiger partial charge in [-0.15, -0.1) is 0 Å². The molecule has 0 saturated heterocycles. The van der Waals surface area contributed by atoms with E-state index in [2.05, 4.69) is 10.6 Å². The van der Waals surface area contributed by atoms with Crippen LogP contribution < -0.4 is 10.6 Å². The van der Waals surface area contributed by atoms with Crippen LogP contribution in [0.2, 0.25) is 0 Å². The van der Waals surface area contributed by atoms with Gasteiger partial charge in [0.1, 0.15) is 0 Å². The fourth-order valence-electron chi connectivity index (χ4n) is 0.937. The molecule has 16 heavy (non-hydrogen) atoms. The van der Waals surface area contributed by atoms with Gasteiger partial charge in [0.2, 0.25) is 0 Å². The first kappa shape index (κ1) is 14.7. The Bertz CT molecular complexity index is 231. The van der Waals surface area contributed by atoms with Crippen LogP contribution in [0.15, 0.2) is 0 Å². The maximum absolute atomic E-state index is 11.1. The lowest BCUT2D eigenvalue weighted by Gasteiger charge is -2.15. The van der Waals surface area contributed by atoms with Gasteiger partial charge in [0.05, 0.1) is 6.10 Å². The van der Waals surface area contributed by atoms with Crippen molar-refractivity contribution in [2.75, 3.05) is 13.1 Å². The molecule has 6 nitrogen and oxygen atoms in total. The van der Waals surface area contributed by atoms with Gasteiger partial charge in [0.15, 0.2) is 0 Å². The molecule has 1 unspecified atom stereocenters. The predicted octanol–water partition coefficient (Wildman–Crippen LogP) is 0.167. The topological polar surface area (TPSA) is 98.7 Å². The average molecular weight is 232 g/mol. The zero-order chi connectivity index (χ0) is 12.6. The molecule has 0 rings (SSSR count). The molecule has 0 aliphatic rings. The Hall–Kier alpha value is -1.30. The average Bonchev–Trinajstić information content (AvgIpc) is 2.20. The molecule has 0 radical (unpaired) electrons. The van der Waals surface area contributed by atoms with E-state index in [0.717, 1.165) is 0 Å². The van der Waals surface area contributed by atoms with E-state index in [0.29, 0.717) is 13.0 Å². The summed E-state index contributed by atoms with van der Waals surface area (Å²) in [5.41, 5.74) is 0. The van der Waals surface area contributed by atoms with Gasteiger partial charge in [-0.25, -0.2) is 4.79 Å². The molecule has 0 aromatic rings. The first-order valence-electron chi connectivity index (χ1n) is 5.35. The highest BCUT2D eigenvalue weighted by Crippen LogP contribution is 1.98. The summed E-state index contributed by atoms with van der Waals surface area (Å²) in [6, 6.07) is -0.384. The number of carboxylic acids is 1. The first-order valence-corrected chi connectivity index (χ1v) is 5.35. The summed E-state index contributed by atoms with van der Waals surface area (Å²) in [5.74, 6) is -0.787. The van der Waals surface area contributed by atoms with Crippen molar-refractivity contribution in [2.45, 2.75) is 32.8 Å². The van der Waals surface area contributed by atoms with E-state index in [1.807, 2.05) is 13.8 Å². The van der Waals surface area contributed by atoms with E-state index in [9.17, 15) is 14.7 Å². The van der Waals surface area contributed by atoms with Crippen molar-refractivity contribution in [3.05, 3.63) is 0 Å². The molecule has 94 valence electrons. The normalized spacial score (nSPS) is 12.2. The van der Waals surface area contributed by atoms with Gasteiger partial charge in [-0.05, 0) is 12.3 Å². The number of carbonyl (C=O) groups is 2. The van der Waals surface area contributed by atoms with Crippen LogP contribution in [-0.4, -0.2) is 41.4 Å². The van der Waals surface area contributed by atoms with E-state index in [-0.39, 0.29) is 24.9 Å². The van der Waals surface area contributed by atoms with Gasteiger partial charge in [-0.3, -0.25) is 4.79 Å². The minimum absolute atomic E-state index is 0.0366. The van der Waals surface area contributed by atoms with Gasteiger partial charge in [0.25, 0.3) is 0 Å². The predicted molar refractivity (Wildman–Crippen MR) is 59.1 cm³/mol. The van der Waals surface area contributed by atoms with E-state index in [4.69, 9.17) is 5.11 Å². The number of aliphatic carboxylic acids is 1. The molecule has 2 amide bonds. The number of hydrogen-bond donors (Lipinski definition) is 4. The van der Waals surface area contributed by atoms with Crippen molar-refractivity contribution in [3.8, 4) is 0 Å². The van der Waals surface area contributed by atoms with E-state index in [1.54, 1.807) is 0 Å². The third kappa shape index (κ3) is 8.05. The van der Waals surface area contributed by atoms with Crippen molar-refractivity contribution >= 4 is 12.0 Å². The number of carboxylic acid groups (broad SMARTS) is 1. The highest BCUT2D eigenvalue weighted by molar-refractivity contribution is 5.73. The summed E-state index contributed by atoms with van der Waals surface area (Å²) in [6.07, 6.45) is -0.130. The third-order valence-corrected chi connectivity index (χ3v) is 2.09. The van der Waals surface area contributed by atoms with E-state index >= 15 is 0 Å². The van der Waals surface area contributed by atoms with Crippen LogP contribution in [0, 0.1) is 5.92 Å². The molecule has 0 heterocycles. The molecule has 0 aliphatic heterocycles. The van der Waals surface area contributed by atoms with Crippen LogP contribution in [0.4, 0.5) is 4.79 Å². The molecule has 0 aliphatic carbocycles. The molecule has 6 heteroatoms. The SMILES string of the molecule is CC(C)C(O)CNC(=O)NCCCC(=O)O. The number of amides is 2. The smallest absolute Gasteiger partial charge is 0.314 e. The van der Waals surface area contributed by atoms with E-state index in [1.165, 1.54) is 0 Å². The van der Waals surface area contributed by atoms with Gasteiger partial charge in [-0.1, -0.05) is 13.8 Å². The number of aliphatic hydroxyl groups excluding tert-OH is 1. The Morgan fingerprint density at radius 2 is 1.88 bits per heavy atom. The molecule has 4 N–H and O–H groups in total. The van der Waals surface area contributed by atoms with E-state index < -0.39 is 12.1 Å². The number of nitrogens with one attached hydrogen (secondary N) is 2. The number of hydrogen-bond acceptors (Lipinski definition) is 3. The molecule has 0 aromatic carbocycles. The van der Waals surface area contributed by atoms with Crippen LogP contribution in [-0.2, 0) is 4.79 Å². The third-order valence-electron chi connectivity index (χ3n) is 2.09. The summed E-state index contributed by atoms with van der Waals surface area (Å²) >= 11 is 0. The Morgan fingerprint density at radius 1 is 1.25 bits per heavy atom. The number of aliphatic hydroxyl groups is 1. The van der Waals surface area contributed by atoms with Crippen LogP contribution in [0.3, 0.4) is 0 Å². The zero-order valence-electron chi connectivity index (χ0n) is 9.69. The summed E-state index contributed by atoms with van der Waals surface area (Å²) < 4.78 is 0. The zero-order valence-corrected chi connectivity index (χ0v) is 9.69. The molecular formula is C10H20N2O4. The van der Waals surface area contributed by atoms with Gasteiger partial charge in [-0.2, -0.15) is 0 Å². The maximum Gasteiger partial charge on any atom is 0.314 e. The van der Waals surface area contributed by atoms with Crippen LogP contribution >= 0.6 is 0 Å². The highest BCUT2D eigenvalue weighted by Gasteiger charge is 2.10. The number of carbonyl (C=O) groups excluding carboxylic acids is 1. The Morgan fingerprint density at radius 3 is 2.38 bits per heavy atom. The Balaban J connectivity index is 3.48. The molecule has 1 atom stereocenters. The summed E-state index contributed by atoms with van der Waals surface area (Å²) in [5, 5.41) is 22.8. The van der Waals surface area contributed by atoms with Crippen molar-refractivity contribution in [1.29, 1.82) is 0 Å². The molecule has 0 bridgehead atoms. The minimum atomic E-state index is -0.877. The molecule has 0 saturated carbocycles. The van der Waals surface area contributed by atoms with Crippen molar-refractivity contribution < 1.29 is 19.8 Å². The second-order valence-corrected chi connectivity index (χ2v) is 3.95. The largest absolute Gasteiger partial charge is 0.481 e. The standard InChI is InChI=1S/C10H20N2O4/c1-7(2)8(13)6-12-10(16)11-5-3-4-9(14)15/h7-8,13H,3-6H2,1-2H3,(H,14,15)(H2,11,12,16). The monoisotopic (exact) mass is 232 g/mol. The molecule has 0 fully saturated rings. The lowest BCUT2D eigenvalue weighted by Crippen LogP contribution is -2.41. The fourth-order valence-corrected chi connectivity index (χ4v) is 0.937. The van der Waals surface area contributed by atoms with Gasteiger partial charge >= 0.3 is 12.0 Å². The Labute approximate surface area is 95.0 Å².